The van der Waals surface area contributed by atoms with Crippen molar-refractivity contribution in [3.8, 4) is 11.4 Å². The first-order chi connectivity index (χ1) is 22.1. The van der Waals surface area contributed by atoms with E-state index in [4.69, 9.17) is 15.2 Å². The number of carbonyl (C=O) groups is 2. The van der Waals surface area contributed by atoms with E-state index in [1.54, 1.807) is 0 Å². The number of rotatable bonds is 12. The lowest BCUT2D eigenvalue weighted by molar-refractivity contribution is -0.153. The number of hydrogen-bond acceptors (Lipinski definition) is 7. The van der Waals surface area contributed by atoms with Gasteiger partial charge in [0.1, 0.15) is 41.0 Å². The minimum Gasteiger partial charge on any atom is -0.493 e. The Morgan fingerprint density at radius 1 is 0.870 bits per heavy atom. The van der Waals surface area contributed by atoms with Gasteiger partial charge in [0.25, 0.3) is 5.56 Å². The third-order valence-electron chi connectivity index (χ3n) is 8.68. The molecule has 12 heteroatoms. The molecule has 0 bridgehead atoms. The number of nitrogens with zero attached hydrogens (tertiary/aromatic N) is 1. The molecule has 0 aliphatic heterocycles. The van der Waals surface area contributed by atoms with Gasteiger partial charge < -0.3 is 20.5 Å². The predicted octanol–water partition coefficient (Wildman–Crippen LogP) is 6.00. The number of esters is 1. The summed E-state index contributed by atoms with van der Waals surface area (Å²) < 4.78 is 70.0. The zero-order valence-electron chi connectivity index (χ0n) is 25.3. The third-order valence-corrected chi connectivity index (χ3v) is 8.68. The second-order valence-corrected chi connectivity index (χ2v) is 11.9. The summed E-state index contributed by atoms with van der Waals surface area (Å²) in [7, 11) is 0. The van der Waals surface area contributed by atoms with Crippen molar-refractivity contribution in [3.63, 3.8) is 0 Å². The minimum absolute atomic E-state index is 0.0246. The Labute approximate surface area is 263 Å². The van der Waals surface area contributed by atoms with Crippen LogP contribution in [0.3, 0.4) is 0 Å². The first kappa shape index (κ1) is 33.2. The van der Waals surface area contributed by atoms with Gasteiger partial charge in [0.15, 0.2) is 17.4 Å². The number of benzene rings is 2. The maximum atomic E-state index is 15.3. The fraction of sp³-hybridized carbons (Fsp3) is 0.441. The van der Waals surface area contributed by atoms with Crippen molar-refractivity contribution < 1.29 is 36.6 Å². The number of hydrogen-bond donors (Lipinski definition) is 2. The van der Waals surface area contributed by atoms with Crippen molar-refractivity contribution in [1.29, 1.82) is 0 Å². The Bertz CT molecular complexity index is 1610. The van der Waals surface area contributed by atoms with Gasteiger partial charge in [0.2, 0.25) is 0 Å². The van der Waals surface area contributed by atoms with Gasteiger partial charge in [-0.25, -0.2) is 17.6 Å². The Hall–Kier alpha value is -4.19. The maximum Gasteiger partial charge on any atom is 0.323 e. The molecule has 46 heavy (non-hydrogen) atoms. The fourth-order valence-corrected chi connectivity index (χ4v) is 6.31. The highest BCUT2D eigenvalue weighted by Gasteiger charge is 2.32. The van der Waals surface area contributed by atoms with Crippen LogP contribution < -0.4 is 21.3 Å². The lowest BCUT2D eigenvalue weighted by Gasteiger charge is -2.30. The highest BCUT2D eigenvalue weighted by Crippen LogP contribution is 2.30. The van der Waals surface area contributed by atoms with E-state index < -0.39 is 63.3 Å². The van der Waals surface area contributed by atoms with Gasteiger partial charge in [-0.15, -0.1) is 0 Å². The molecule has 1 atom stereocenters. The summed E-state index contributed by atoms with van der Waals surface area (Å²) >= 11 is 0. The predicted molar refractivity (Wildman–Crippen MR) is 163 cm³/mol. The van der Waals surface area contributed by atoms with Crippen LogP contribution in [0.25, 0.3) is 5.69 Å². The summed E-state index contributed by atoms with van der Waals surface area (Å²) in [5, 5.41) is 3.32. The van der Waals surface area contributed by atoms with Crippen LogP contribution in [0.15, 0.2) is 47.3 Å². The van der Waals surface area contributed by atoms with Crippen molar-refractivity contribution in [2.75, 3.05) is 18.9 Å². The van der Waals surface area contributed by atoms with Crippen molar-refractivity contribution in [2.24, 2.45) is 5.92 Å². The van der Waals surface area contributed by atoms with Crippen LogP contribution in [0.5, 0.6) is 5.75 Å². The first-order valence-corrected chi connectivity index (χ1v) is 15.7. The molecule has 2 aliphatic rings. The van der Waals surface area contributed by atoms with E-state index in [0.717, 1.165) is 94.2 Å². The van der Waals surface area contributed by atoms with Crippen LogP contribution in [-0.4, -0.2) is 41.6 Å². The SMILES string of the molecule is Nc1c(C(=O)c2ccc(F)cc2F)ccc(=O)n1-c1c(F)cc(OCCCN[C@H](C(=O)OC2CCCC2)C2CCCCC2)cc1F. The topological polar surface area (TPSA) is 113 Å². The van der Waals surface area contributed by atoms with Gasteiger partial charge in [-0.2, -0.15) is 0 Å². The zero-order valence-corrected chi connectivity index (χ0v) is 25.3. The molecule has 2 fully saturated rings. The van der Waals surface area contributed by atoms with Crippen molar-refractivity contribution in [2.45, 2.75) is 76.4 Å². The summed E-state index contributed by atoms with van der Waals surface area (Å²) in [5.74, 6) is -6.25. The second-order valence-electron chi connectivity index (χ2n) is 11.9. The molecule has 3 N–H and O–H groups in total. The molecule has 0 unspecified atom stereocenters. The average Bonchev–Trinajstić information content (AvgIpc) is 3.53. The van der Waals surface area contributed by atoms with E-state index in [9.17, 15) is 23.2 Å². The van der Waals surface area contributed by atoms with Crippen LogP contribution in [-0.2, 0) is 9.53 Å². The van der Waals surface area contributed by atoms with Gasteiger partial charge in [0, 0.05) is 24.3 Å². The Balaban J connectivity index is 1.24. The molecular weight excluding hydrogens is 606 g/mol. The zero-order chi connectivity index (χ0) is 32.8. The average molecular weight is 644 g/mol. The molecule has 5 rings (SSSR count). The number of nitrogens with two attached hydrogens (primary N) is 1. The molecule has 0 saturated heterocycles. The molecule has 1 heterocycles. The summed E-state index contributed by atoms with van der Waals surface area (Å²) in [5.41, 5.74) is 3.28. The molecule has 8 nitrogen and oxygen atoms in total. The van der Waals surface area contributed by atoms with Gasteiger partial charge in [-0.1, -0.05) is 19.3 Å². The van der Waals surface area contributed by atoms with Gasteiger partial charge in [-0.3, -0.25) is 19.0 Å². The smallest absolute Gasteiger partial charge is 0.323 e. The summed E-state index contributed by atoms with van der Waals surface area (Å²) in [6, 6.07) is 5.51. The summed E-state index contributed by atoms with van der Waals surface area (Å²) in [4.78, 5) is 38.6. The lowest BCUT2D eigenvalue weighted by Crippen LogP contribution is -2.46. The largest absolute Gasteiger partial charge is 0.493 e. The summed E-state index contributed by atoms with van der Waals surface area (Å²) in [6.07, 6.45) is 9.52. The van der Waals surface area contributed by atoms with E-state index in [1.165, 1.54) is 0 Å². The molecule has 2 aliphatic carbocycles. The third kappa shape index (κ3) is 7.60. The molecule has 0 radical (unpaired) electrons. The number of carbonyl (C=O) groups excluding carboxylic acids is 2. The molecule has 2 aromatic carbocycles. The molecule has 0 amide bonds. The number of ketones is 1. The number of anilines is 1. The molecule has 3 aromatic rings. The second kappa shape index (κ2) is 14.9. The quantitative estimate of drug-likeness (QED) is 0.108. The van der Waals surface area contributed by atoms with Crippen LogP contribution in [0.4, 0.5) is 23.4 Å². The van der Waals surface area contributed by atoms with Crippen LogP contribution in [0.1, 0.15) is 80.1 Å². The number of nitrogens with one attached hydrogen (secondary N) is 1. The van der Waals surface area contributed by atoms with E-state index in [1.807, 2.05) is 0 Å². The van der Waals surface area contributed by atoms with E-state index in [0.29, 0.717) is 23.6 Å². The van der Waals surface area contributed by atoms with Crippen molar-refractivity contribution in [3.05, 3.63) is 87.2 Å². The molecule has 1 aromatic heterocycles. The fourth-order valence-electron chi connectivity index (χ4n) is 6.31. The molecule has 2 saturated carbocycles. The summed E-state index contributed by atoms with van der Waals surface area (Å²) in [6.45, 7) is 0.501. The number of ether oxygens (including phenoxy) is 2. The van der Waals surface area contributed by atoms with Crippen molar-refractivity contribution >= 4 is 17.6 Å². The maximum absolute atomic E-state index is 15.3. The molecule has 246 valence electrons. The monoisotopic (exact) mass is 643 g/mol. The number of nitrogen functional groups attached to an aromatic ring is 1. The standard InChI is InChI=1S/C34H37F4N3O5/c35-21-11-12-24(26(36)17-21)32(43)25-13-14-29(42)41(33(25)39)31-27(37)18-23(19-28(31)38)45-16-6-15-40-30(20-7-2-1-3-8-20)34(44)46-22-9-4-5-10-22/h11-14,17-20,22,30,40H,1-10,15-16,39H2/t30-/m0/s1. The highest BCUT2D eigenvalue weighted by molar-refractivity contribution is 6.11. The molecule has 0 spiro atoms. The number of aromatic nitrogens is 1. The highest BCUT2D eigenvalue weighted by atomic mass is 19.1. The van der Waals surface area contributed by atoms with E-state index in [2.05, 4.69) is 5.32 Å². The number of halogens is 4. The Kier molecular flexibility index (Phi) is 10.8. The first-order valence-electron chi connectivity index (χ1n) is 15.7. The van der Waals surface area contributed by atoms with Gasteiger partial charge in [0.05, 0.1) is 17.7 Å². The molecular formula is C34H37F4N3O5. The van der Waals surface area contributed by atoms with Crippen LogP contribution in [0, 0.1) is 29.2 Å². The van der Waals surface area contributed by atoms with Crippen molar-refractivity contribution in [1.82, 2.24) is 9.88 Å². The Morgan fingerprint density at radius 2 is 1.52 bits per heavy atom. The van der Waals surface area contributed by atoms with Gasteiger partial charge in [-0.05, 0) is 75.6 Å². The minimum atomic E-state index is -1.19. The van der Waals surface area contributed by atoms with Crippen LogP contribution >= 0.6 is 0 Å². The van der Waals surface area contributed by atoms with E-state index >= 15 is 8.78 Å². The lowest BCUT2D eigenvalue weighted by atomic mass is 9.84. The van der Waals surface area contributed by atoms with Crippen LogP contribution in [0.2, 0.25) is 0 Å². The van der Waals surface area contributed by atoms with Gasteiger partial charge >= 0.3 is 5.97 Å². The normalized spacial score (nSPS) is 16.3. The Morgan fingerprint density at radius 3 is 2.20 bits per heavy atom. The number of pyridine rings is 1. The van der Waals surface area contributed by atoms with E-state index in [-0.39, 0.29) is 30.3 Å².